The summed E-state index contributed by atoms with van der Waals surface area (Å²) < 4.78 is 9.94. The van der Waals surface area contributed by atoms with Crippen molar-refractivity contribution in [2.45, 2.75) is 6.42 Å². The van der Waals surface area contributed by atoms with Gasteiger partial charge in [0, 0.05) is 0 Å². The van der Waals surface area contributed by atoms with Crippen molar-refractivity contribution in [2.24, 2.45) is 0 Å². The summed E-state index contributed by atoms with van der Waals surface area (Å²) in [4.78, 5) is 23.8. The van der Waals surface area contributed by atoms with Crippen LogP contribution in [0.2, 0.25) is 0 Å². The van der Waals surface area contributed by atoms with Gasteiger partial charge in [0.15, 0.2) is 34.6 Å². The lowest BCUT2D eigenvalue weighted by atomic mass is 10.1. The van der Waals surface area contributed by atoms with Crippen LogP contribution in [0.5, 0.6) is 23.0 Å². The molecule has 2 aromatic carbocycles. The van der Waals surface area contributed by atoms with Crippen LogP contribution in [0.25, 0.3) is 12.2 Å². The zero-order valence-electron chi connectivity index (χ0n) is 15.0. The highest BCUT2D eigenvalue weighted by molar-refractivity contribution is 6.10. The smallest absolute Gasteiger partial charge is 0.163 e. The molecule has 140 valence electrons. The maximum atomic E-state index is 11.9. The first kappa shape index (κ1) is 19.8. The fraction of sp³-hybridized carbons (Fsp3) is 0.143. The number of phenolic OH excluding ortho intramolecular Hbond substituents is 2. The van der Waals surface area contributed by atoms with Gasteiger partial charge in [-0.15, -0.1) is 0 Å². The largest absolute Gasteiger partial charge is 0.504 e. The zero-order chi connectivity index (χ0) is 19.8. The second-order valence-corrected chi connectivity index (χ2v) is 5.64. The highest BCUT2D eigenvalue weighted by atomic mass is 16.5. The number of allylic oxidation sites excluding steroid dienone is 2. The molecule has 0 aliphatic heterocycles. The van der Waals surface area contributed by atoms with Gasteiger partial charge in [0.05, 0.1) is 20.6 Å². The van der Waals surface area contributed by atoms with Gasteiger partial charge in [-0.3, -0.25) is 9.59 Å². The minimum atomic E-state index is -0.358. The number of hydrogen-bond acceptors (Lipinski definition) is 6. The second-order valence-electron chi connectivity index (χ2n) is 5.64. The standard InChI is InChI=1S/C21H20O6/c1-26-20-10-6-14(11-19(20)25)3-7-16(22)13-17(23)8-4-15-5-9-18(24)21(12-15)27-2/h3-12,24-25H,13H2,1-2H3. The van der Waals surface area contributed by atoms with Crippen molar-refractivity contribution < 1.29 is 29.3 Å². The molecule has 0 aliphatic rings. The Bertz CT molecular complexity index is 896. The minimum absolute atomic E-state index is 0.00543. The molecular formula is C21H20O6. The van der Waals surface area contributed by atoms with Crippen LogP contribution in [0, 0.1) is 0 Å². The van der Waals surface area contributed by atoms with Gasteiger partial charge in [0.1, 0.15) is 0 Å². The molecule has 0 atom stereocenters. The molecule has 2 N–H and O–H groups in total. The average molecular weight is 368 g/mol. The minimum Gasteiger partial charge on any atom is -0.504 e. The molecule has 0 bridgehead atoms. The summed E-state index contributed by atoms with van der Waals surface area (Å²) in [6.07, 6.45) is 5.38. The number of carbonyl (C=O) groups is 2. The fourth-order valence-corrected chi connectivity index (χ4v) is 2.28. The van der Waals surface area contributed by atoms with Crippen molar-refractivity contribution >= 4 is 23.7 Å². The van der Waals surface area contributed by atoms with Crippen LogP contribution in [0.3, 0.4) is 0 Å². The maximum absolute atomic E-state index is 11.9. The van der Waals surface area contributed by atoms with Crippen LogP contribution < -0.4 is 9.47 Å². The van der Waals surface area contributed by atoms with E-state index in [9.17, 15) is 19.8 Å². The average Bonchev–Trinajstić information content (AvgIpc) is 2.65. The molecule has 0 fully saturated rings. The molecule has 6 nitrogen and oxygen atoms in total. The number of hydrogen-bond donors (Lipinski definition) is 2. The van der Waals surface area contributed by atoms with E-state index in [0.29, 0.717) is 22.6 Å². The van der Waals surface area contributed by atoms with Crippen molar-refractivity contribution in [1.29, 1.82) is 0 Å². The van der Waals surface area contributed by atoms with Crippen LogP contribution in [0.1, 0.15) is 17.5 Å². The van der Waals surface area contributed by atoms with E-state index >= 15 is 0 Å². The van der Waals surface area contributed by atoms with Gasteiger partial charge in [-0.1, -0.05) is 24.3 Å². The molecular weight excluding hydrogens is 348 g/mol. The molecule has 0 radical (unpaired) electrons. The molecule has 0 saturated carbocycles. The van der Waals surface area contributed by atoms with Crippen LogP contribution in [-0.2, 0) is 9.59 Å². The lowest BCUT2D eigenvalue weighted by Crippen LogP contribution is -2.01. The molecule has 0 amide bonds. The van der Waals surface area contributed by atoms with E-state index < -0.39 is 0 Å². The first-order chi connectivity index (χ1) is 12.9. The Labute approximate surface area is 157 Å². The van der Waals surface area contributed by atoms with Gasteiger partial charge < -0.3 is 19.7 Å². The van der Waals surface area contributed by atoms with Crippen LogP contribution >= 0.6 is 0 Å². The van der Waals surface area contributed by atoms with Crippen LogP contribution in [0.15, 0.2) is 48.6 Å². The second kappa shape index (κ2) is 9.24. The van der Waals surface area contributed by atoms with E-state index in [-0.39, 0.29) is 29.5 Å². The number of ketones is 2. The molecule has 0 unspecified atom stereocenters. The maximum Gasteiger partial charge on any atom is 0.163 e. The number of phenols is 2. The summed E-state index contributed by atoms with van der Waals surface area (Å²) in [5, 5.41) is 19.2. The van der Waals surface area contributed by atoms with Gasteiger partial charge in [0.25, 0.3) is 0 Å². The number of benzene rings is 2. The van der Waals surface area contributed by atoms with Crippen molar-refractivity contribution in [1.82, 2.24) is 0 Å². The Morgan fingerprint density at radius 1 is 0.815 bits per heavy atom. The first-order valence-electron chi connectivity index (χ1n) is 8.08. The first-order valence-corrected chi connectivity index (χ1v) is 8.08. The Balaban J connectivity index is 1.95. The van der Waals surface area contributed by atoms with E-state index in [2.05, 4.69) is 0 Å². The van der Waals surface area contributed by atoms with Gasteiger partial charge in [-0.05, 0) is 47.5 Å². The highest BCUT2D eigenvalue weighted by Crippen LogP contribution is 2.27. The van der Waals surface area contributed by atoms with Gasteiger partial charge in [-0.2, -0.15) is 0 Å². The number of carbonyl (C=O) groups excluding carboxylic acids is 2. The third-order valence-electron chi connectivity index (χ3n) is 3.68. The van der Waals surface area contributed by atoms with Crippen LogP contribution in [0.4, 0.5) is 0 Å². The summed E-state index contributed by atoms with van der Waals surface area (Å²) in [6, 6.07) is 9.39. The molecule has 0 saturated heterocycles. The number of aromatic hydroxyl groups is 2. The summed E-state index contributed by atoms with van der Waals surface area (Å²) in [5.74, 6) is -0.102. The van der Waals surface area contributed by atoms with Gasteiger partial charge in [0.2, 0.25) is 0 Å². The summed E-state index contributed by atoms with van der Waals surface area (Å²) in [6.45, 7) is 0. The summed E-state index contributed by atoms with van der Waals surface area (Å²) in [7, 11) is 2.88. The van der Waals surface area contributed by atoms with E-state index in [4.69, 9.17) is 9.47 Å². The van der Waals surface area contributed by atoms with Gasteiger partial charge in [-0.25, -0.2) is 0 Å². The SMILES string of the molecule is COc1ccc(C=CC(=O)CC(=O)C=Cc2ccc(O)c(OC)c2)cc1O. The number of methoxy groups -OCH3 is 2. The highest BCUT2D eigenvalue weighted by Gasteiger charge is 2.06. The Morgan fingerprint density at radius 2 is 1.37 bits per heavy atom. The predicted molar refractivity (Wildman–Crippen MR) is 102 cm³/mol. The normalized spacial score (nSPS) is 11.0. The molecule has 2 aromatic rings. The zero-order valence-corrected chi connectivity index (χ0v) is 15.0. The van der Waals surface area contributed by atoms with Crippen molar-refractivity contribution in [3.63, 3.8) is 0 Å². The third-order valence-corrected chi connectivity index (χ3v) is 3.68. The molecule has 2 rings (SSSR count). The van der Waals surface area contributed by atoms with E-state index in [1.807, 2.05) is 0 Å². The molecule has 0 aliphatic carbocycles. The quantitative estimate of drug-likeness (QED) is 0.548. The molecule has 27 heavy (non-hydrogen) atoms. The predicted octanol–water partition coefficient (Wildman–Crippen LogP) is 3.37. The van der Waals surface area contributed by atoms with E-state index in [1.165, 1.54) is 44.6 Å². The number of ether oxygens (including phenoxy) is 2. The lowest BCUT2D eigenvalue weighted by Gasteiger charge is -2.03. The molecule has 0 spiro atoms. The summed E-state index contributed by atoms with van der Waals surface area (Å²) in [5.41, 5.74) is 1.27. The van der Waals surface area contributed by atoms with Crippen molar-refractivity contribution in [3.8, 4) is 23.0 Å². The fourth-order valence-electron chi connectivity index (χ4n) is 2.28. The Morgan fingerprint density at radius 3 is 1.93 bits per heavy atom. The Hall–Kier alpha value is -3.54. The molecule has 0 heterocycles. The topological polar surface area (TPSA) is 93.1 Å². The van der Waals surface area contributed by atoms with Crippen molar-refractivity contribution in [3.05, 3.63) is 59.7 Å². The van der Waals surface area contributed by atoms with Gasteiger partial charge >= 0.3 is 0 Å². The lowest BCUT2D eigenvalue weighted by molar-refractivity contribution is -0.121. The monoisotopic (exact) mass is 368 g/mol. The van der Waals surface area contributed by atoms with Crippen LogP contribution in [-0.4, -0.2) is 36.0 Å². The van der Waals surface area contributed by atoms with Crippen molar-refractivity contribution in [2.75, 3.05) is 14.2 Å². The Kier molecular flexibility index (Phi) is 6.77. The number of rotatable bonds is 8. The molecule has 0 aromatic heterocycles. The van der Waals surface area contributed by atoms with E-state index in [1.54, 1.807) is 30.3 Å². The summed E-state index contributed by atoms with van der Waals surface area (Å²) >= 11 is 0. The third kappa shape index (κ3) is 5.74. The van der Waals surface area contributed by atoms with E-state index in [0.717, 1.165) is 0 Å². The molecule has 6 heteroatoms.